The molecule has 0 N–H and O–H groups in total. The number of amides is 1. The first-order chi connectivity index (χ1) is 14.1. The molecule has 3 aliphatic heterocycles. The van der Waals surface area contributed by atoms with Gasteiger partial charge in [-0.3, -0.25) is 19.0 Å². The molecule has 1 aromatic heterocycles. The Morgan fingerprint density at radius 3 is 2.48 bits per heavy atom. The molecular formula is C24H20N2O3. The molecule has 0 bridgehead atoms. The maximum atomic E-state index is 13.1. The number of Topliss-reactive ketones (excluding diaryl/α,β-unsaturated/α-hetero) is 1. The highest BCUT2D eigenvalue weighted by Gasteiger charge is 2.32. The Kier molecular flexibility index (Phi) is 3.40. The molecule has 0 fully saturated rings. The van der Waals surface area contributed by atoms with Crippen molar-refractivity contribution >= 4 is 34.2 Å². The Labute approximate surface area is 167 Å². The molecule has 5 heteroatoms. The molecule has 0 spiro atoms. The molecule has 6 rings (SSSR count). The zero-order valence-electron chi connectivity index (χ0n) is 16.0. The van der Waals surface area contributed by atoms with E-state index in [0.29, 0.717) is 19.3 Å². The van der Waals surface area contributed by atoms with Gasteiger partial charge in [0.15, 0.2) is 5.78 Å². The van der Waals surface area contributed by atoms with E-state index in [2.05, 4.69) is 6.07 Å². The van der Waals surface area contributed by atoms with E-state index in [1.54, 1.807) is 4.57 Å². The van der Waals surface area contributed by atoms with Gasteiger partial charge in [-0.25, -0.2) is 0 Å². The van der Waals surface area contributed by atoms with Crippen LogP contribution in [0.2, 0.25) is 0 Å². The molecule has 4 heterocycles. The second kappa shape index (κ2) is 5.89. The van der Waals surface area contributed by atoms with Gasteiger partial charge in [-0.05, 0) is 65.8 Å². The molecule has 0 atom stereocenters. The molecule has 3 aliphatic rings. The molecule has 1 amide bonds. The summed E-state index contributed by atoms with van der Waals surface area (Å²) in [6.45, 7) is 0.731. The van der Waals surface area contributed by atoms with Crippen LogP contribution in [-0.4, -0.2) is 28.7 Å². The van der Waals surface area contributed by atoms with Crippen molar-refractivity contribution in [3.05, 3.63) is 64.3 Å². The van der Waals surface area contributed by atoms with Crippen LogP contribution in [0.5, 0.6) is 0 Å². The maximum absolute atomic E-state index is 13.1. The number of nitrogens with zero attached hydrogens (tertiary/aromatic N) is 2. The monoisotopic (exact) mass is 384 g/mol. The predicted molar refractivity (Wildman–Crippen MR) is 110 cm³/mol. The van der Waals surface area contributed by atoms with E-state index in [0.717, 1.165) is 70.2 Å². The average molecular weight is 384 g/mol. The summed E-state index contributed by atoms with van der Waals surface area (Å²) in [6, 6.07) is 10.0. The summed E-state index contributed by atoms with van der Waals surface area (Å²) in [5, 5.41) is 1.02. The summed E-state index contributed by atoms with van der Waals surface area (Å²) in [5.74, 6) is 0.441. The van der Waals surface area contributed by atoms with Crippen LogP contribution in [0, 0.1) is 0 Å². The van der Waals surface area contributed by atoms with Gasteiger partial charge in [0.1, 0.15) is 0 Å². The Morgan fingerprint density at radius 1 is 0.862 bits per heavy atom. The van der Waals surface area contributed by atoms with Crippen LogP contribution in [0.3, 0.4) is 0 Å². The first-order valence-electron chi connectivity index (χ1n) is 10.2. The summed E-state index contributed by atoms with van der Waals surface area (Å²) >= 11 is 0. The number of anilines is 1. The van der Waals surface area contributed by atoms with Gasteiger partial charge in [0.25, 0.3) is 0 Å². The minimum atomic E-state index is 0.109. The highest BCUT2D eigenvalue weighted by molar-refractivity contribution is 6.03. The van der Waals surface area contributed by atoms with Crippen molar-refractivity contribution in [1.82, 2.24) is 4.57 Å². The summed E-state index contributed by atoms with van der Waals surface area (Å²) in [6.07, 6.45) is 5.50. The number of ketones is 1. The smallest absolute Gasteiger partial charge is 0.231 e. The summed E-state index contributed by atoms with van der Waals surface area (Å²) in [5.41, 5.74) is 7.18. The van der Waals surface area contributed by atoms with Crippen molar-refractivity contribution < 1.29 is 14.4 Å². The SMILES string of the molecule is O=C(Cc1cc2c3c(ccn3C(=O)CC2)c1)c1cc2c3c(c1)CCN3C(=O)CC2. The maximum Gasteiger partial charge on any atom is 0.231 e. The first kappa shape index (κ1) is 16.7. The minimum absolute atomic E-state index is 0.109. The number of benzene rings is 2. The Balaban J connectivity index is 1.35. The van der Waals surface area contributed by atoms with Crippen molar-refractivity contribution in [2.45, 2.75) is 38.5 Å². The number of carbonyl (C=O) groups is 3. The lowest BCUT2D eigenvalue weighted by molar-refractivity contribution is -0.118. The van der Waals surface area contributed by atoms with Crippen LogP contribution in [0.4, 0.5) is 5.69 Å². The van der Waals surface area contributed by atoms with Crippen LogP contribution < -0.4 is 4.90 Å². The van der Waals surface area contributed by atoms with Crippen LogP contribution in [0.15, 0.2) is 36.5 Å². The van der Waals surface area contributed by atoms with Crippen molar-refractivity contribution in [3.8, 4) is 0 Å². The Morgan fingerprint density at radius 2 is 1.62 bits per heavy atom. The van der Waals surface area contributed by atoms with E-state index in [1.807, 2.05) is 35.4 Å². The van der Waals surface area contributed by atoms with Gasteiger partial charge in [-0.15, -0.1) is 0 Å². The van der Waals surface area contributed by atoms with Crippen LogP contribution >= 0.6 is 0 Å². The third-order valence-corrected chi connectivity index (χ3v) is 6.54. The predicted octanol–water partition coefficient (Wildman–Crippen LogP) is 3.49. The van der Waals surface area contributed by atoms with Gasteiger partial charge in [-0.1, -0.05) is 6.07 Å². The highest BCUT2D eigenvalue weighted by Crippen LogP contribution is 2.38. The van der Waals surface area contributed by atoms with Gasteiger partial charge in [0, 0.05) is 43.0 Å². The third kappa shape index (κ3) is 2.43. The normalized spacial score (nSPS) is 17.2. The van der Waals surface area contributed by atoms with Crippen molar-refractivity contribution in [2.75, 3.05) is 11.4 Å². The van der Waals surface area contributed by atoms with Gasteiger partial charge < -0.3 is 4.90 Å². The second-order valence-corrected chi connectivity index (χ2v) is 8.31. The molecule has 0 unspecified atom stereocenters. The summed E-state index contributed by atoms with van der Waals surface area (Å²) < 4.78 is 1.73. The summed E-state index contributed by atoms with van der Waals surface area (Å²) in [4.78, 5) is 39.2. The first-order valence-corrected chi connectivity index (χ1v) is 10.2. The molecule has 0 saturated carbocycles. The fraction of sp³-hybridized carbons (Fsp3) is 0.292. The summed E-state index contributed by atoms with van der Waals surface area (Å²) in [7, 11) is 0. The molecule has 0 saturated heterocycles. The van der Waals surface area contributed by atoms with E-state index in [-0.39, 0.29) is 17.6 Å². The quantitative estimate of drug-likeness (QED) is 0.650. The van der Waals surface area contributed by atoms with E-state index in [9.17, 15) is 14.4 Å². The number of aryl methyl sites for hydroxylation is 2. The third-order valence-electron chi connectivity index (χ3n) is 6.54. The van der Waals surface area contributed by atoms with E-state index in [4.69, 9.17) is 0 Å². The molecule has 144 valence electrons. The molecule has 3 aromatic rings. The minimum Gasteiger partial charge on any atom is -0.312 e. The van der Waals surface area contributed by atoms with Crippen LogP contribution in [0.1, 0.15) is 50.2 Å². The fourth-order valence-electron chi connectivity index (χ4n) is 5.21. The van der Waals surface area contributed by atoms with Crippen molar-refractivity contribution in [2.24, 2.45) is 0 Å². The van der Waals surface area contributed by atoms with Gasteiger partial charge >= 0.3 is 0 Å². The lowest BCUT2D eigenvalue weighted by Crippen LogP contribution is -2.32. The number of hydrogen-bond donors (Lipinski definition) is 0. The number of carbonyl (C=O) groups excluding carboxylic acids is 3. The standard InChI is InChI=1S/C24H20N2O3/c27-20(19-12-16-2-4-22(29)26-8-6-18(13-19)24(16)26)11-14-9-15-1-3-21(28)25-7-5-17(10-14)23(15)25/h5,7,9-10,12-13H,1-4,6,8,11H2. The van der Waals surface area contributed by atoms with E-state index in [1.165, 1.54) is 0 Å². The molecule has 2 aromatic carbocycles. The Hall–Kier alpha value is -3.21. The number of rotatable bonds is 3. The fourth-order valence-corrected chi connectivity index (χ4v) is 5.21. The van der Waals surface area contributed by atoms with Gasteiger partial charge in [0.05, 0.1) is 11.2 Å². The highest BCUT2D eigenvalue weighted by atomic mass is 16.2. The van der Waals surface area contributed by atoms with Gasteiger partial charge in [0.2, 0.25) is 11.8 Å². The average Bonchev–Trinajstić information content (AvgIpc) is 3.34. The largest absolute Gasteiger partial charge is 0.312 e. The number of aromatic nitrogens is 1. The number of hydrogen-bond acceptors (Lipinski definition) is 3. The zero-order valence-corrected chi connectivity index (χ0v) is 16.0. The van der Waals surface area contributed by atoms with Gasteiger partial charge in [-0.2, -0.15) is 0 Å². The molecule has 0 radical (unpaired) electrons. The molecule has 0 aliphatic carbocycles. The molecule has 29 heavy (non-hydrogen) atoms. The zero-order chi connectivity index (χ0) is 19.7. The van der Waals surface area contributed by atoms with E-state index < -0.39 is 0 Å². The van der Waals surface area contributed by atoms with E-state index >= 15 is 0 Å². The lowest BCUT2D eigenvalue weighted by atomic mass is 9.92. The van der Waals surface area contributed by atoms with Crippen LogP contribution in [-0.2, 0) is 30.5 Å². The molecule has 5 nitrogen and oxygen atoms in total. The lowest BCUT2D eigenvalue weighted by Gasteiger charge is -2.25. The topological polar surface area (TPSA) is 59.4 Å². The molecular weight excluding hydrogens is 364 g/mol. The van der Waals surface area contributed by atoms with Crippen LogP contribution in [0.25, 0.3) is 10.9 Å². The Bertz CT molecular complexity index is 1250. The van der Waals surface area contributed by atoms with Crippen molar-refractivity contribution in [1.29, 1.82) is 0 Å². The second-order valence-electron chi connectivity index (χ2n) is 8.31. The van der Waals surface area contributed by atoms with Crippen molar-refractivity contribution in [3.63, 3.8) is 0 Å².